The lowest BCUT2D eigenvalue weighted by molar-refractivity contribution is -0.388. The van der Waals surface area contributed by atoms with E-state index in [4.69, 9.17) is 11.6 Å². The van der Waals surface area contributed by atoms with Crippen molar-refractivity contribution in [2.75, 3.05) is 0 Å². The van der Waals surface area contributed by atoms with E-state index < -0.39 is 4.92 Å². The van der Waals surface area contributed by atoms with Gasteiger partial charge in [-0.25, -0.2) is 4.98 Å². The SMILES string of the molecule is O=[N+]([O-])c1cc(Cl)cnc1Sc1ccccc1. The quantitative estimate of drug-likeness (QED) is 0.626. The van der Waals surface area contributed by atoms with Crippen molar-refractivity contribution in [3.05, 3.63) is 57.7 Å². The molecule has 1 heterocycles. The first-order valence-electron chi connectivity index (χ1n) is 4.69. The lowest BCUT2D eigenvalue weighted by atomic mass is 10.4. The number of nitro groups is 1. The van der Waals surface area contributed by atoms with Gasteiger partial charge in [-0.3, -0.25) is 10.1 Å². The Morgan fingerprint density at radius 2 is 2.00 bits per heavy atom. The molecule has 0 saturated carbocycles. The summed E-state index contributed by atoms with van der Waals surface area (Å²) in [6.45, 7) is 0. The highest BCUT2D eigenvalue weighted by atomic mass is 35.5. The van der Waals surface area contributed by atoms with E-state index in [-0.39, 0.29) is 10.7 Å². The Hall–Kier alpha value is -1.59. The molecule has 0 aliphatic heterocycles. The number of nitrogens with zero attached hydrogens (tertiary/aromatic N) is 2. The molecule has 0 spiro atoms. The summed E-state index contributed by atoms with van der Waals surface area (Å²) < 4.78 is 0. The van der Waals surface area contributed by atoms with Crippen LogP contribution in [0.3, 0.4) is 0 Å². The predicted molar refractivity (Wildman–Crippen MR) is 66.5 cm³/mol. The fraction of sp³-hybridized carbons (Fsp3) is 0. The van der Waals surface area contributed by atoms with Gasteiger partial charge in [-0.15, -0.1) is 0 Å². The van der Waals surface area contributed by atoms with Crippen LogP contribution in [0.2, 0.25) is 5.02 Å². The number of rotatable bonds is 3. The number of aromatic nitrogens is 1. The van der Waals surface area contributed by atoms with Crippen molar-refractivity contribution in [2.45, 2.75) is 9.92 Å². The van der Waals surface area contributed by atoms with E-state index in [0.717, 1.165) is 4.90 Å². The third-order valence-electron chi connectivity index (χ3n) is 1.95. The van der Waals surface area contributed by atoms with E-state index in [0.29, 0.717) is 5.03 Å². The lowest BCUT2D eigenvalue weighted by Crippen LogP contribution is -1.93. The predicted octanol–water partition coefficient (Wildman–Crippen LogP) is 3.79. The first-order valence-corrected chi connectivity index (χ1v) is 5.89. The van der Waals surface area contributed by atoms with Gasteiger partial charge in [0.05, 0.1) is 9.95 Å². The molecule has 17 heavy (non-hydrogen) atoms. The fourth-order valence-corrected chi connectivity index (χ4v) is 2.24. The summed E-state index contributed by atoms with van der Waals surface area (Å²) in [6, 6.07) is 10.6. The average molecular weight is 267 g/mol. The van der Waals surface area contributed by atoms with Crippen molar-refractivity contribution in [3.63, 3.8) is 0 Å². The molecule has 2 aromatic rings. The fourth-order valence-electron chi connectivity index (χ4n) is 1.23. The van der Waals surface area contributed by atoms with Crippen LogP contribution in [0.15, 0.2) is 52.5 Å². The zero-order valence-electron chi connectivity index (χ0n) is 8.54. The van der Waals surface area contributed by atoms with Crippen LogP contribution in [0, 0.1) is 10.1 Å². The van der Waals surface area contributed by atoms with Crippen molar-refractivity contribution in [1.29, 1.82) is 0 Å². The molecule has 0 bridgehead atoms. The Labute approximate surface area is 107 Å². The van der Waals surface area contributed by atoms with Gasteiger partial charge in [0.15, 0.2) is 5.03 Å². The van der Waals surface area contributed by atoms with Crippen molar-refractivity contribution in [1.82, 2.24) is 4.98 Å². The van der Waals surface area contributed by atoms with Crippen LogP contribution >= 0.6 is 23.4 Å². The van der Waals surface area contributed by atoms with Gasteiger partial charge in [-0.1, -0.05) is 41.6 Å². The Morgan fingerprint density at radius 1 is 1.29 bits per heavy atom. The molecular weight excluding hydrogens is 260 g/mol. The van der Waals surface area contributed by atoms with Gasteiger partial charge >= 0.3 is 5.69 Å². The summed E-state index contributed by atoms with van der Waals surface area (Å²) in [5.74, 6) is 0. The molecule has 6 heteroatoms. The van der Waals surface area contributed by atoms with Gasteiger partial charge in [-0.2, -0.15) is 0 Å². The summed E-state index contributed by atoms with van der Waals surface area (Å²) >= 11 is 6.93. The Kier molecular flexibility index (Phi) is 3.61. The van der Waals surface area contributed by atoms with E-state index in [1.165, 1.54) is 24.0 Å². The van der Waals surface area contributed by atoms with Crippen LogP contribution in [-0.2, 0) is 0 Å². The smallest absolute Gasteiger partial charge is 0.258 e. The van der Waals surface area contributed by atoms with Gasteiger partial charge in [0, 0.05) is 17.2 Å². The molecule has 0 aliphatic carbocycles. The van der Waals surface area contributed by atoms with E-state index in [2.05, 4.69) is 4.98 Å². The molecule has 0 unspecified atom stereocenters. The van der Waals surface area contributed by atoms with Crippen LogP contribution in [-0.4, -0.2) is 9.91 Å². The third-order valence-corrected chi connectivity index (χ3v) is 3.18. The van der Waals surface area contributed by atoms with Crippen LogP contribution in [0.5, 0.6) is 0 Å². The minimum absolute atomic E-state index is 0.0775. The molecule has 0 saturated heterocycles. The summed E-state index contributed by atoms with van der Waals surface area (Å²) in [7, 11) is 0. The maximum absolute atomic E-state index is 10.9. The molecule has 0 radical (unpaired) electrons. The topological polar surface area (TPSA) is 56.0 Å². The van der Waals surface area contributed by atoms with Crippen molar-refractivity contribution in [3.8, 4) is 0 Å². The molecule has 0 aliphatic rings. The molecule has 4 nitrogen and oxygen atoms in total. The molecule has 0 atom stereocenters. The summed E-state index contributed by atoms with van der Waals surface area (Å²) in [5, 5.41) is 11.5. The van der Waals surface area contributed by atoms with Crippen molar-refractivity contribution < 1.29 is 4.92 Å². The van der Waals surface area contributed by atoms with Gasteiger partial charge in [0.2, 0.25) is 0 Å². The van der Waals surface area contributed by atoms with Crippen LogP contribution in [0.25, 0.3) is 0 Å². The van der Waals surface area contributed by atoms with E-state index in [1.54, 1.807) is 0 Å². The molecular formula is C11H7ClN2O2S. The molecule has 0 N–H and O–H groups in total. The van der Waals surface area contributed by atoms with Gasteiger partial charge in [0.25, 0.3) is 0 Å². The van der Waals surface area contributed by atoms with E-state index in [1.807, 2.05) is 30.3 Å². The Bertz CT molecular complexity index is 548. The first-order chi connectivity index (χ1) is 8.16. The van der Waals surface area contributed by atoms with Gasteiger partial charge in [0.1, 0.15) is 0 Å². The molecule has 2 rings (SSSR count). The monoisotopic (exact) mass is 266 g/mol. The number of pyridine rings is 1. The Balaban J connectivity index is 2.36. The van der Waals surface area contributed by atoms with E-state index in [9.17, 15) is 10.1 Å². The van der Waals surface area contributed by atoms with Gasteiger partial charge in [-0.05, 0) is 12.1 Å². The zero-order valence-corrected chi connectivity index (χ0v) is 10.1. The molecule has 1 aromatic carbocycles. The zero-order chi connectivity index (χ0) is 12.3. The van der Waals surface area contributed by atoms with Crippen molar-refractivity contribution in [2.24, 2.45) is 0 Å². The van der Waals surface area contributed by atoms with Crippen LogP contribution in [0.4, 0.5) is 5.69 Å². The normalized spacial score (nSPS) is 10.2. The highest BCUT2D eigenvalue weighted by Gasteiger charge is 2.16. The van der Waals surface area contributed by atoms with Crippen LogP contribution < -0.4 is 0 Å². The number of hydrogen-bond donors (Lipinski definition) is 0. The third kappa shape index (κ3) is 2.95. The number of halogens is 1. The second kappa shape index (κ2) is 5.16. The summed E-state index contributed by atoms with van der Waals surface area (Å²) in [5.41, 5.74) is -0.0775. The highest BCUT2D eigenvalue weighted by Crippen LogP contribution is 2.33. The first kappa shape index (κ1) is 11.9. The summed E-state index contributed by atoms with van der Waals surface area (Å²) in [4.78, 5) is 15.3. The van der Waals surface area contributed by atoms with Crippen LogP contribution in [0.1, 0.15) is 0 Å². The minimum Gasteiger partial charge on any atom is -0.258 e. The largest absolute Gasteiger partial charge is 0.303 e. The second-order valence-corrected chi connectivity index (χ2v) is 4.65. The number of benzene rings is 1. The minimum atomic E-state index is -0.482. The molecule has 0 fully saturated rings. The maximum atomic E-state index is 10.9. The van der Waals surface area contributed by atoms with Crippen molar-refractivity contribution >= 4 is 29.1 Å². The lowest BCUT2D eigenvalue weighted by Gasteiger charge is -2.01. The van der Waals surface area contributed by atoms with E-state index >= 15 is 0 Å². The molecule has 1 aromatic heterocycles. The molecule has 0 amide bonds. The maximum Gasteiger partial charge on any atom is 0.303 e. The average Bonchev–Trinajstić information content (AvgIpc) is 2.32. The van der Waals surface area contributed by atoms with Gasteiger partial charge < -0.3 is 0 Å². The standard InChI is InChI=1S/C11H7ClN2O2S/c12-8-6-10(14(15)16)11(13-7-8)17-9-4-2-1-3-5-9/h1-7H. The Morgan fingerprint density at radius 3 is 2.65 bits per heavy atom. The second-order valence-electron chi connectivity index (χ2n) is 3.15. The molecule has 86 valence electrons. The highest BCUT2D eigenvalue weighted by molar-refractivity contribution is 7.99. The summed E-state index contributed by atoms with van der Waals surface area (Å²) in [6.07, 6.45) is 1.40. The number of hydrogen-bond acceptors (Lipinski definition) is 4.